The molecular weight excluding hydrogens is 170 g/mol. The van der Waals surface area contributed by atoms with Gasteiger partial charge >= 0.3 is 6.09 Å². The molecule has 0 aromatic heterocycles. The topological polar surface area (TPSA) is 49.8 Å². The summed E-state index contributed by atoms with van der Waals surface area (Å²) in [6.07, 6.45) is 1.94. The summed E-state index contributed by atoms with van der Waals surface area (Å²) in [5.41, 5.74) is 0. The van der Waals surface area contributed by atoms with Crippen LogP contribution in [0.4, 0.5) is 4.79 Å². The van der Waals surface area contributed by atoms with Gasteiger partial charge in [0.1, 0.15) is 6.61 Å². The summed E-state index contributed by atoms with van der Waals surface area (Å²) in [6.45, 7) is 5.94. The van der Waals surface area contributed by atoms with Gasteiger partial charge in [-0.25, -0.2) is 4.79 Å². The summed E-state index contributed by atoms with van der Waals surface area (Å²) in [5, 5.41) is 8.77. The minimum atomic E-state index is -0.314. The first-order valence-corrected chi connectivity index (χ1v) is 4.39. The van der Waals surface area contributed by atoms with Crippen LogP contribution in [-0.2, 0) is 4.74 Å². The number of hydrogen-bond donors (Lipinski definition) is 1. The average Bonchev–Trinajstić information content (AvgIpc) is 2.47. The van der Waals surface area contributed by atoms with E-state index in [9.17, 15) is 4.79 Å². The van der Waals surface area contributed by atoms with Crippen molar-refractivity contribution in [3.05, 3.63) is 12.7 Å². The molecule has 4 heteroatoms. The number of hydrogen-bond acceptors (Lipinski definition) is 3. The summed E-state index contributed by atoms with van der Waals surface area (Å²) in [6, 6.07) is -0.0444. The predicted octanol–water partition coefficient (Wildman–Crippen LogP) is 0.764. The van der Waals surface area contributed by atoms with E-state index in [1.807, 2.05) is 6.92 Å². The Morgan fingerprint density at radius 1 is 1.92 bits per heavy atom. The quantitative estimate of drug-likeness (QED) is 0.658. The molecule has 0 spiro atoms. The van der Waals surface area contributed by atoms with Gasteiger partial charge in [-0.2, -0.15) is 0 Å². The van der Waals surface area contributed by atoms with E-state index in [0.717, 1.165) is 0 Å². The highest BCUT2D eigenvalue weighted by Crippen LogP contribution is 2.18. The molecule has 1 amide bonds. The molecule has 1 aliphatic rings. The maximum Gasteiger partial charge on any atom is 0.410 e. The highest BCUT2D eigenvalue weighted by Gasteiger charge is 2.34. The van der Waals surface area contributed by atoms with Crippen molar-refractivity contribution in [2.24, 2.45) is 0 Å². The Bertz CT molecular complexity index is 205. The number of ether oxygens (including phenoxy) is 1. The van der Waals surface area contributed by atoms with Crippen LogP contribution in [0.5, 0.6) is 0 Å². The van der Waals surface area contributed by atoms with Crippen LogP contribution in [0.25, 0.3) is 0 Å². The molecule has 13 heavy (non-hydrogen) atoms. The van der Waals surface area contributed by atoms with E-state index in [2.05, 4.69) is 6.58 Å². The van der Waals surface area contributed by atoms with Crippen molar-refractivity contribution in [3.63, 3.8) is 0 Å². The standard InChI is InChI=1S/C9H15NO3/c1-3-7(2)10-8(4-5-11)6-13-9(10)12/h3,7-8,11H,1,4-6H2,2H3/t7-,8-/m1/s1. The van der Waals surface area contributed by atoms with Crippen molar-refractivity contribution in [1.82, 2.24) is 4.90 Å². The number of aliphatic hydroxyl groups excluding tert-OH is 1. The van der Waals surface area contributed by atoms with Crippen LogP contribution in [-0.4, -0.2) is 41.4 Å². The molecule has 4 nitrogen and oxygen atoms in total. The van der Waals surface area contributed by atoms with Crippen molar-refractivity contribution < 1.29 is 14.6 Å². The van der Waals surface area contributed by atoms with Crippen LogP contribution in [0.15, 0.2) is 12.7 Å². The normalized spacial score (nSPS) is 24.3. The zero-order valence-corrected chi connectivity index (χ0v) is 7.77. The fourth-order valence-electron chi connectivity index (χ4n) is 1.46. The maximum atomic E-state index is 11.2. The van der Waals surface area contributed by atoms with E-state index in [1.54, 1.807) is 11.0 Å². The van der Waals surface area contributed by atoms with Crippen molar-refractivity contribution >= 4 is 6.09 Å². The number of aliphatic hydroxyl groups is 1. The van der Waals surface area contributed by atoms with Gasteiger partial charge in [-0.3, -0.25) is 4.90 Å². The lowest BCUT2D eigenvalue weighted by Crippen LogP contribution is -2.39. The molecule has 0 aliphatic carbocycles. The fraction of sp³-hybridized carbons (Fsp3) is 0.667. The highest BCUT2D eigenvalue weighted by atomic mass is 16.6. The minimum absolute atomic E-state index is 0.00880. The SMILES string of the molecule is C=C[C@@H](C)N1C(=O)OC[C@H]1CCO. The second-order valence-corrected chi connectivity index (χ2v) is 3.13. The second kappa shape index (κ2) is 4.28. The highest BCUT2D eigenvalue weighted by molar-refractivity contribution is 5.70. The van der Waals surface area contributed by atoms with Crippen LogP contribution in [0.2, 0.25) is 0 Å². The zero-order valence-electron chi connectivity index (χ0n) is 7.77. The molecule has 1 heterocycles. The van der Waals surface area contributed by atoms with Gasteiger partial charge in [0.25, 0.3) is 0 Å². The van der Waals surface area contributed by atoms with Crippen LogP contribution < -0.4 is 0 Å². The lowest BCUT2D eigenvalue weighted by atomic mass is 10.1. The largest absolute Gasteiger partial charge is 0.447 e. The average molecular weight is 185 g/mol. The molecule has 1 rings (SSSR count). The first-order valence-electron chi connectivity index (χ1n) is 4.39. The molecule has 0 aromatic rings. The first-order chi connectivity index (χ1) is 6.20. The van der Waals surface area contributed by atoms with E-state index in [1.165, 1.54) is 0 Å². The van der Waals surface area contributed by atoms with Crippen molar-refractivity contribution in [1.29, 1.82) is 0 Å². The molecule has 74 valence electrons. The van der Waals surface area contributed by atoms with Gasteiger partial charge in [-0.15, -0.1) is 6.58 Å². The van der Waals surface area contributed by atoms with Crippen molar-refractivity contribution in [2.45, 2.75) is 25.4 Å². The molecule has 0 aromatic carbocycles. The molecule has 1 saturated heterocycles. The number of carbonyl (C=O) groups is 1. The third-order valence-electron chi connectivity index (χ3n) is 2.25. The van der Waals surface area contributed by atoms with E-state index in [4.69, 9.17) is 9.84 Å². The maximum absolute atomic E-state index is 11.2. The van der Waals surface area contributed by atoms with E-state index in [-0.39, 0.29) is 24.8 Å². The van der Waals surface area contributed by atoms with Crippen LogP contribution >= 0.6 is 0 Å². The molecule has 0 saturated carbocycles. The summed E-state index contributed by atoms with van der Waals surface area (Å²) < 4.78 is 4.88. The Morgan fingerprint density at radius 3 is 3.15 bits per heavy atom. The van der Waals surface area contributed by atoms with E-state index >= 15 is 0 Å². The monoisotopic (exact) mass is 185 g/mol. The van der Waals surface area contributed by atoms with Crippen LogP contribution in [0, 0.1) is 0 Å². The zero-order chi connectivity index (χ0) is 9.84. The Hall–Kier alpha value is -1.03. The van der Waals surface area contributed by atoms with Crippen molar-refractivity contribution in [3.8, 4) is 0 Å². The van der Waals surface area contributed by atoms with Crippen LogP contribution in [0.3, 0.4) is 0 Å². The van der Waals surface area contributed by atoms with Gasteiger partial charge in [0, 0.05) is 6.61 Å². The lowest BCUT2D eigenvalue weighted by molar-refractivity contribution is 0.151. The Morgan fingerprint density at radius 2 is 2.62 bits per heavy atom. The Balaban J connectivity index is 2.64. The van der Waals surface area contributed by atoms with Gasteiger partial charge in [0.05, 0.1) is 12.1 Å². The second-order valence-electron chi connectivity index (χ2n) is 3.13. The predicted molar refractivity (Wildman–Crippen MR) is 48.3 cm³/mol. The van der Waals surface area contributed by atoms with E-state index in [0.29, 0.717) is 13.0 Å². The molecule has 1 N–H and O–H groups in total. The van der Waals surface area contributed by atoms with Gasteiger partial charge in [0.2, 0.25) is 0 Å². The van der Waals surface area contributed by atoms with Gasteiger partial charge in [0.15, 0.2) is 0 Å². The fourth-order valence-corrected chi connectivity index (χ4v) is 1.46. The molecule has 1 fully saturated rings. The van der Waals surface area contributed by atoms with Crippen LogP contribution in [0.1, 0.15) is 13.3 Å². The van der Waals surface area contributed by atoms with Gasteiger partial charge < -0.3 is 9.84 Å². The third kappa shape index (κ3) is 2.01. The third-order valence-corrected chi connectivity index (χ3v) is 2.25. The molecular formula is C9H15NO3. The number of cyclic esters (lactones) is 1. The van der Waals surface area contributed by atoms with Gasteiger partial charge in [-0.1, -0.05) is 6.08 Å². The number of nitrogens with zero attached hydrogens (tertiary/aromatic N) is 1. The Labute approximate surface area is 77.8 Å². The van der Waals surface area contributed by atoms with Gasteiger partial charge in [-0.05, 0) is 13.3 Å². The first kappa shape index (κ1) is 10.1. The number of carbonyl (C=O) groups excluding carboxylic acids is 1. The summed E-state index contributed by atoms with van der Waals surface area (Å²) in [4.78, 5) is 12.8. The number of rotatable bonds is 4. The Kier molecular flexibility index (Phi) is 3.31. The van der Waals surface area contributed by atoms with E-state index < -0.39 is 0 Å². The number of amides is 1. The smallest absolute Gasteiger partial charge is 0.410 e. The molecule has 2 atom stereocenters. The lowest BCUT2D eigenvalue weighted by Gasteiger charge is -2.24. The molecule has 0 radical (unpaired) electrons. The summed E-state index contributed by atoms with van der Waals surface area (Å²) in [7, 11) is 0. The summed E-state index contributed by atoms with van der Waals surface area (Å²) >= 11 is 0. The summed E-state index contributed by atoms with van der Waals surface area (Å²) in [5.74, 6) is 0. The molecule has 1 aliphatic heterocycles. The molecule has 0 unspecified atom stereocenters. The molecule has 0 bridgehead atoms. The minimum Gasteiger partial charge on any atom is -0.447 e. The van der Waals surface area contributed by atoms with Crippen molar-refractivity contribution in [2.75, 3.05) is 13.2 Å².